The van der Waals surface area contributed by atoms with Crippen molar-refractivity contribution in [3.05, 3.63) is 93.3 Å². The van der Waals surface area contributed by atoms with Crippen molar-refractivity contribution in [2.75, 3.05) is 6.61 Å². The van der Waals surface area contributed by atoms with Gasteiger partial charge in [-0.2, -0.15) is 0 Å². The van der Waals surface area contributed by atoms with Crippen LogP contribution in [0.15, 0.2) is 76.4 Å². The molecule has 1 amide bonds. The minimum atomic E-state index is -3.15. The average molecular weight is 744 g/mol. The highest BCUT2D eigenvalue weighted by Crippen LogP contribution is 2.49. The molecular formula is C39H49N3O8Si2. The zero-order chi connectivity index (χ0) is 37.1. The van der Waals surface area contributed by atoms with E-state index < -0.39 is 59.0 Å². The average Bonchev–Trinajstić information content (AvgIpc) is 3.40. The van der Waals surface area contributed by atoms with Crippen LogP contribution in [0.1, 0.15) is 67.2 Å². The summed E-state index contributed by atoms with van der Waals surface area (Å²) in [6.45, 7) is 17.3. The number of benzene rings is 4. The molecule has 4 aromatic carbocycles. The van der Waals surface area contributed by atoms with Gasteiger partial charge in [-0.1, -0.05) is 110 Å². The summed E-state index contributed by atoms with van der Waals surface area (Å²) >= 11 is 0. The molecule has 0 radical (unpaired) electrons. The van der Waals surface area contributed by atoms with Crippen LogP contribution in [-0.2, 0) is 29.0 Å². The number of nitrogens with one attached hydrogen (secondary N) is 2. The summed E-state index contributed by atoms with van der Waals surface area (Å²) in [5.74, 6) is 0. The SMILES string of the molecule is CC(C)[Si]1(C(C)C)OC[C@H]2O[C@@H](n3ccc(=O)[nH]c3=O)[C@H](OC(=O)NCc3ccc4ccc5cccc6ccc3c4c56)[C@@H]2O[Si](C(C)C)(C(C)C)O1. The van der Waals surface area contributed by atoms with Crippen molar-refractivity contribution >= 4 is 55.5 Å². The minimum absolute atomic E-state index is 0.0121. The molecule has 1 aromatic heterocycles. The van der Waals surface area contributed by atoms with Crippen LogP contribution < -0.4 is 16.6 Å². The third kappa shape index (κ3) is 6.10. The Hall–Kier alpha value is -3.86. The second-order valence-electron chi connectivity index (χ2n) is 15.4. The molecule has 2 aliphatic heterocycles. The molecule has 0 aliphatic carbocycles. The van der Waals surface area contributed by atoms with E-state index in [9.17, 15) is 14.4 Å². The molecule has 2 saturated heterocycles. The van der Waals surface area contributed by atoms with E-state index in [0.717, 1.165) is 32.5 Å². The largest absolute Gasteiger partial charge is 0.439 e. The van der Waals surface area contributed by atoms with Gasteiger partial charge < -0.3 is 27.8 Å². The summed E-state index contributed by atoms with van der Waals surface area (Å²) in [6, 6.07) is 20.1. The van der Waals surface area contributed by atoms with Gasteiger partial charge in [0.2, 0.25) is 0 Å². The van der Waals surface area contributed by atoms with Gasteiger partial charge in [0.1, 0.15) is 12.2 Å². The first-order valence-electron chi connectivity index (χ1n) is 18.3. The Kier molecular flexibility index (Phi) is 9.72. The zero-order valence-electron chi connectivity index (χ0n) is 31.1. The molecule has 276 valence electrons. The van der Waals surface area contributed by atoms with E-state index in [1.807, 2.05) is 6.07 Å². The van der Waals surface area contributed by atoms with Gasteiger partial charge in [-0.15, -0.1) is 0 Å². The maximum atomic E-state index is 13.9. The highest BCUT2D eigenvalue weighted by atomic mass is 28.5. The summed E-state index contributed by atoms with van der Waals surface area (Å²) < 4.78 is 35.6. The maximum Gasteiger partial charge on any atom is 0.407 e. The quantitative estimate of drug-likeness (QED) is 0.123. The standard InChI is InChI=1S/C39H49N3O8Si2/c1-22(2)51(23(3)4)46-21-31-35(49-52(50-51,24(5)6)25(7)8)36(37(47-31)42-19-18-32(43)41-38(42)44)48-39(45)40-20-29-15-14-28-13-12-26-10-9-11-27-16-17-30(29)34(28)33(26)27/h9-19,22-25,31,35-37H,20-21H2,1-8H3,(H,40,45)(H,41,43,44)/t31-,35-,36-,37-/m1/s1. The number of ether oxygens (including phenoxy) is 2. The summed E-state index contributed by atoms with van der Waals surface area (Å²) in [6.07, 6.45) is -2.99. The number of carbonyl (C=O) groups is 1. The molecule has 2 N–H and O–H groups in total. The van der Waals surface area contributed by atoms with E-state index in [-0.39, 0.29) is 35.3 Å². The first-order chi connectivity index (χ1) is 24.8. The number of aromatic nitrogens is 2. The van der Waals surface area contributed by atoms with Crippen LogP contribution in [0.3, 0.4) is 0 Å². The molecular weight excluding hydrogens is 695 g/mol. The lowest BCUT2D eigenvalue weighted by Crippen LogP contribution is -2.66. The van der Waals surface area contributed by atoms with Gasteiger partial charge in [0.15, 0.2) is 12.3 Å². The Morgan fingerprint density at radius 3 is 2.10 bits per heavy atom. The highest BCUT2D eigenvalue weighted by molar-refractivity contribution is 6.84. The van der Waals surface area contributed by atoms with Crippen LogP contribution in [0.25, 0.3) is 32.3 Å². The number of fused-ring (bicyclic) bond motifs is 1. The fraction of sp³-hybridized carbons (Fsp3) is 0.462. The molecule has 4 atom stereocenters. The van der Waals surface area contributed by atoms with Gasteiger partial charge in [0, 0.05) is 18.8 Å². The smallest absolute Gasteiger partial charge is 0.407 e. The lowest BCUT2D eigenvalue weighted by molar-refractivity contribution is -0.0609. The van der Waals surface area contributed by atoms with Gasteiger partial charge in [-0.25, -0.2) is 9.59 Å². The number of amides is 1. The number of aromatic amines is 1. The number of carbonyl (C=O) groups excluding carboxylic acids is 1. The van der Waals surface area contributed by atoms with Crippen LogP contribution in [0, 0.1) is 0 Å². The van der Waals surface area contributed by atoms with Crippen molar-refractivity contribution in [1.29, 1.82) is 0 Å². The van der Waals surface area contributed by atoms with Gasteiger partial charge in [-0.05, 0) is 60.0 Å². The Morgan fingerprint density at radius 2 is 1.46 bits per heavy atom. The monoisotopic (exact) mass is 743 g/mol. The molecule has 0 bridgehead atoms. The van der Waals surface area contributed by atoms with Crippen molar-refractivity contribution in [1.82, 2.24) is 14.9 Å². The zero-order valence-corrected chi connectivity index (χ0v) is 33.1. The predicted molar refractivity (Wildman–Crippen MR) is 206 cm³/mol. The maximum absolute atomic E-state index is 13.9. The minimum Gasteiger partial charge on any atom is -0.439 e. The molecule has 7 rings (SSSR count). The summed E-state index contributed by atoms with van der Waals surface area (Å²) in [5, 5.41) is 9.82. The van der Waals surface area contributed by atoms with E-state index >= 15 is 0 Å². The lowest BCUT2D eigenvalue weighted by Gasteiger charge is -2.51. The Morgan fingerprint density at radius 1 is 0.846 bits per heavy atom. The third-order valence-electron chi connectivity index (χ3n) is 11.0. The molecule has 52 heavy (non-hydrogen) atoms. The van der Waals surface area contributed by atoms with E-state index in [4.69, 9.17) is 22.4 Å². The van der Waals surface area contributed by atoms with Gasteiger partial charge in [0.05, 0.1) is 6.61 Å². The molecule has 0 saturated carbocycles. The number of H-pyrrole nitrogens is 1. The normalized spacial score (nSPS) is 23.2. The van der Waals surface area contributed by atoms with Crippen molar-refractivity contribution < 1.29 is 27.2 Å². The Balaban J connectivity index is 1.23. The Bertz CT molecular complexity index is 2180. The lowest BCUT2D eigenvalue weighted by atomic mass is 9.92. The first kappa shape index (κ1) is 36.5. The van der Waals surface area contributed by atoms with Crippen LogP contribution in [-0.4, -0.2) is 57.7 Å². The predicted octanol–water partition coefficient (Wildman–Crippen LogP) is 7.58. The third-order valence-corrected chi connectivity index (χ3v) is 21.3. The fourth-order valence-electron chi connectivity index (χ4n) is 8.38. The molecule has 2 fully saturated rings. The van der Waals surface area contributed by atoms with E-state index in [1.165, 1.54) is 22.2 Å². The molecule has 2 aliphatic rings. The molecule has 3 heterocycles. The van der Waals surface area contributed by atoms with Gasteiger partial charge in [-0.3, -0.25) is 14.3 Å². The highest BCUT2D eigenvalue weighted by Gasteiger charge is 2.62. The molecule has 5 aromatic rings. The fourth-order valence-corrected chi connectivity index (χ4v) is 19.6. The number of nitrogens with zero attached hydrogens (tertiary/aromatic N) is 1. The van der Waals surface area contributed by atoms with E-state index in [1.54, 1.807) is 0 Å². The number of hydrogen-bond donors (Lipinski definition) is 2. The van der Waals surface area contributed by atoms with Crippen LogP contribution in [0.5, 0.6) is 0 Å². The molecule has 0 spiro atoms. The van der Waals surface area contributed by atoms with Gasteiger partial charge >= 0.3 is 28.9 Å². The second kappa shape index (κ2) is 13.8. The van der Waals surface area contributed by atoms with Crippen LogP contribution in [0.2, 0.25) is 22.2 Å². The summed E-state index contributed by atoms with van der Waals surface area (Å²) in [4.78, 5) is 41.4. The molecule has 0 unspecified atom stereocenters. The summed E-state index contributed by atoms with van der Waals surface area (Å²) in [7, 11) is -6.04. The van der Waals surface area contributed by atoms with Crippen LogP contribution in [0.4, 0.5) is 4.79 Å². The molecule has 13 heteroatoms. The van der Waals surface area contributed by atoms with Crippen molar-refractivity contribution in [2.24, 2.45) is 0 Å². The van der Waals surface area contributed by atoms with Crippen LogP contribution >= 0.6 is 0 Å². The molecule has 11 nitrogen and oxygen atoms in total. The van der Waals surface area contributed by atoms with E-state index in [2.05, 4.69) is 114 Å². The van der Waals surface area contributed by atoms with Crippen molar-refractivity contribution in [2.45, 2.75) is 109 Å². The second-order valence-corrected chi connectivity index (χ2v) is 24.3. The van der Waals surface area contributed by atoms with Crippen molar-refractivity contribution in [3.63, 3.8) is 0 Å². The number of alkyl carbamates (subject to hydrolysis) is 1. The first-order valence-corrected chi connectivity index (χ1v) is 22.3. The number of rotatable bonds is 8. The van der Waals surface area contributed by atoms with Crippen molar-refractivity contribution in [3.8, 4) is 0 Å². The topological polar surface area (TPSA) is 130 Å². The summed E-state index contributed by atoms with van der Waals surface area (Å²) in [5.41, 5.74) is -0.0258. The van der Waals surface area contributed by atoms with E-state index in [0.29, 0.717) is 0 Å². The Labute approximate surface area is 305 Å². The number of hydrogen-bond acceptors (Lipinski definition) is 8. The van der Waals surface area contributed by atoms with Gasteiger partial charge in [0.25, 0.3) is 5.56 Å².